The minimum atomic E-state index is -0.0753. The van der Waals surface area contributed by atoms with Gasteiger partial charge in [-0.1, -0.05) is 6.07 Å². The first kappa shape index (κ1) is 18.5. The summed E-state index contributed by atoms with van der Waals surface area (Å²) in [5.41, 5.74) is 2.04. The first-order chi connectivity index (χ1) is 12.7. The van der Waals surface area contributed by atoms with Gasteiger partial charge in [0.15, 0.2) is 0 Å². The van der Waals surface area contributed by atoms with Crippen molar-refractivity contribution < 1.29 is 9.59 Å². The van der Waals surface area contributed by atoms with Gasteiger partial charge >= 0.3 is 0 Å². The normalized spacial score (nSPS) is 14.1. The number of thiophene rings is 1. The van der Waals surface area contributed by atoms with Crippen LogP contribution < -0.4 is 15.5 Å². The Morgan fingerprint density at radius 1 is 1.04 bits per heavy atom. The molecule has 1 aliphatic rings. The van der Waals surface area contributed by atoms with Gasteiger partial charge in [0.25, 0.3) is 5.91 Å². The van der Waals surface area contributed by atoms with Crippen molar-refractivity contribution in [3.8, 4) is 0 Å². The van der Waals surface area contributed by atoms with Crippen LogP contribution in [0, 0.1) is 0 Å². The number of rotatable bonds is 7. The van der Waals surface area contributed by atoms with Crippen molar-refractivity contribution in [2.45, 2.75) is 32.1 Å². The molecule has 0 aliphatic carbocycles. The molecular formula is C20H25N3O2S. The van der Waals surface area contributed by atoms with E-state index in [1.807, 2.05) is 23.6 Å². The number of piperidine rings is 1. The number of carbonyl (C=O) groups is 2. The van der Waals surface area contributed by atoms with Crippen LogP contribution in [0.3, 0.4) is 0 Å². The van der Waals surface area contributed by atoms with E-state index in [0.717, 1.165) is 18.8 Å². The predicted octanol–water partition coefficient (Wildman–Crippen LogP) is 3.89. The van der Waals surface area contributed by atoms with Crippen LogP contribution in [0.4, 0.5) is 11.4 Å². The predicted molar refractivity (Wildman–Crippen MR) is 107 cm³/mol. The summed E-state index contributed by atoms with van der Waals surface area (Å²) in [5, 5.41) is 7.63. The van der Waals surface area contributed by atoms with E-state index < -0.39 is 0 Å². The lowest BCUT2D eigenvalue weighted by Crippen LogP contribution is -2.29. The van der Waals surface area contributed by atoms with Crippen LogP contribution in [-0.4, -0.2) is 31.4 Å². The zero-order chi connectivity index (χ0) is 18.2. The highest BCUT2D eigenvalue weighted by molar-refractivity contribution is 7.12. The molecule has 6 heteroatoms. The molecule has 138 valence electrons. The van der Waals surface area contributed by atoms with Crippen LogP contribution in [0.15, 0.2) is 41.8 Å². The monoisotopic (exact) mass is 371 g/mol. The lowest BCUT2D eigenvalue weighted by atomic mass is 10.1. The van der Waals surface area contributed by atoms with E-state index >= 15 is 0 Å². The molecule has 5 nitrogen and oxygen atoms in total. The van der Waals surface area contributed by atoms with E-state index in [4.69, 9.17) is 0 Å². The summed E-state index contributed by atoms with van der Waals surface area (Å²) >= 11 is 1.41. The van der Waals surface area contributed by atoms with E-state index in [1.165, 1.54) is 36.3 Å². The standard InChI is InChI=1S/C20H25N3O2S/c24-19(7-4-12-21-20(25)18-6-5-15-26-18)22-16-8-10-17(11-9-16)23-13-2-1-3-14-23/h5-6,8-11,15H,1-4,7,12-14H2,(H,21,25)(H,22,24). The second-order valence-electron chi connectivity index (χ2n) is 6.48. The Kier molecular flexibility index (Phi) is 6.66. The van der Waals surface area contributed by atoms with Crippen molar-refractivity contribution in [3.63, 3.8) is 0 Å². The maximum atomic E-state index is 12.0. The molecule has 1 aromatic heterocycles. The highest BCUT2D eigenvalue weighted by atomic mass is 32.1. The Hall–Kier alpha value is -2.34. The van der Waals surface area contributed by atoms with Crippen LogP contribution in [0.5, 0.6) is 0 Å². The summed E-state index contributed by atoms with van der Waals surface area (Å²) in [5.74, 6) is -0.102. The number of carbonyl (C=O) groups excluding carboxylic acids is 2. The molecule has 1 aromatic carbocycles. The number of amides is 2. The average Bonchev–Trinajstić information content (AvgIpc) is 3.21. The van der Waals surface area contributed by atoms with Crippen molar-refractivity contribution >= 4 is 34.5 Å². The molecule has 0 atom stereocenters. The van der Waals surface area contributed by atoms with Gasteiger partial charge < -0.3 is 15.5 Å². The van der Waals surface area contributed by atoms with Crippen LogP contribution in [0.1, 0.15) is 41.8 Å². The van der Waals surface area contributed by atoms with Gasteiger partial charge in [-0.3, -0.25) is 9.59 Å². The molecule has 1 aliphatic heterocycles. The Morgan fingerprint density at radius 3 is 2.50 bits per heavy atom. The smallest absolute Gasteiger partial charge is 0.261 e. The Bertz CT molecular complexity index is 707. The van der Waals surface area contributed by atoms with Gasteiger partial charge in [0, 0.05) is 37.4 Å². The van der Waals surface area contributed by atoms with Crippen LogP contribution in [0.2, 0.25) is 0 Å². The second-order valence-corrected chi connectivity index (χ2v) is 7.43. The minimum Gasteiger partial charge on any atom is -0.372 e. The van der Waals surface area contributed by atoms with Crippen molar-refractivity contribution in [2.24, 2.45) is 0 Å². The summed E-state index contributed by atoms with van der Waals surface area (Å²) < 4.78 is 0. The van der Waals surface area contributed by atoms with E-state index in [-0.39, 0.29) is 11.8 Å². The largest absolute Gasteiger partial charge is 0.372 e. The van der Waals surface area contributed by atoms with Gasteiger partial charge in [0.1, 0.15) is 0 Å². The fourth-order valence-corrected chi connectivity index (χ4v) is 3.72. The van der Waals surface area contributed by atoms with Crippen LogP contribution >= 0.6 is 11.3 Å². The fraction of sp³-hybridized carbons (Fsp3) is 0.400. The highest BCUT2D eigenvalue weighted by Gasteiger charge is 2.11. The number of nitrogens with zero attached hydrogens (tertiary/aromatic N) is 1. The van der Waals surface area contributed by atoms with E-state index in [2.05, 4.69) is 27.7 Å². The molecule has 3 rings (SSSR count). The third-order valence-corrected chi connectivity index (χ3v) is 5.35. The molecule has 0 saturated carbocycles. The quantitative estimate of drug-likeness (QED) is 0.726. The van der Waals surface area contributed by atoms with E-state index in [9.17, 15) is 9.59 Å². The van der Waals surface area contributed by atoms with E-state index in [1.54, 1.807) is 6.07 Å². The van der Waals surface area contributed by atoms with Gasteiger partial charge in [-0.05, 0) is 61.4 Å². The fourth-order valence-electron chi connectivity index (χ4n) is 3.08. The molecule has 2 amide bonds. The number of hydrogen-bond donors (Lipinski definition) is 2. The molecule has 0 unspecified atom stereocenters. The van der Waals surface area contributed by atoms with Crippen molar-refractivity contribution in [1.29, 1.82) is 0 Å². The zero-order valence-corrected chi connectivity index (χ0v) is 15.7. The third kappa shape index (κ3) is 5.33. The molecule has 2 N–H and O–H groups in total. The molecule has 1 fully saturated rings. The summed E-state index contributed by atoms with van der Waals surface area (Å²) in [6, 6.07) is 11.7. The van der Waals surface area contributed by atoms with Gasteiger partial charge in [0.05, 0.1) is 4.88 Å². The molecule has 26 heavy (non-hydrogen) atoms. The topological polar surface area (TPSA) is 61.4 Å². The van der Waals surface area contributed by atoms with Gasteiger partial charge in [-0.2, -0.15) is 0 Å². The first-order valence-corrected chi connectivity index (χ1v) is 10.1. The zero-order valence-electron chi connectivity index (χ0n) is 14.9. The lowest BCUT2D eigenvalue weighted by Gasteiger charge is -2.28. The molecule has 0 spiro atoms. The summed E-state index contributed by atoms with van der Waals surface area (Å²) in [7, 11) is 0. The molecule has 0 bridgehead atoms. The molecule has 0 radical (unpaired) electrons. The van der Waals surface area contributed by atoms with Crippen LogP contribution in [-0.2, 0) is 4.79 Å². The number of anilines is 2. The third-order valence-electron chi connectivity index (χ3n) is 4.48. The average molecular weight is 372 g/mol. The summed E-state index contributed by atoms with van der Waals surface area (Å²) in [6.45, 7) is 2.73. The Morgan fingerprint density at radius 2 is 1.81 bits per heavy atom. The van der Waals surface area contributed by atoms with Crippen LogP contribution in [0.25, 0.3) is 0 Å². The molecule has 2 heterocycles. The van der Waals surface area contributed by atoms with Crippen molar-refractivity contribution in [3.05, 3.63) is 46.7 Å². The number of nitrogens with one attached hydrogen (secondary N) is 2. The molecule has 1 saturated heterocycles. The first-order valence-electron chi connectivity index (χ1n) is 9.19. The maximum absolute atomic E-state index is 12.0. The Balaban J connectivity index is 1.37. The minimum absolute atomic E-state index is 0.0268. The van der Waals surface area contributed by atoms with Crippen molar-refractivity contribution in [2.75, 3.05) is 29.9 Å². The number of benzene rings is 1. The molecular weight excluding hydrogens is 346 g/mol. The summed E-state index contributed by atoms with van der Waals surface area (Å²) in [6.07, 6.45) is 4.83. The lowest BCUT2D eigenvalue weighted by molar-refractivity contribution is -0.116. The maximum Gasteiger partial charge on any atom is 0.261 e. The van der Waals surface area contributed by atoms with Gasteiger partial charge in [0.2, 0.25) is 5.91 Å². The second kappa shape index (κ2) is 9.38. The molecule has 2 aromatic rings. The highest BCUT2D eigenvalue weighted by Crippen LogP contribution is 2.21. The van der Waals surface area contributed by atoms with Gasteiger partial charge in [-0.15, -0.1) is 11.3 Å². The van der Waals surface area contributed by atoms with E-state index in [0.29, 0.717) is 24.3 Å². The van der Waals surface area contributed by atoms with Gasteiger partial charge in [-0.25, -0.2) is 0 Å². The SMILES string of the molecule is O=C(CCCNC(=O)c1cccs1)Nc1ccc(N2CCCCC2)cc1. The summed E-state index contributed by atoms with van der Waals surface area (Å²) in [4.78, 5) is 26.9. The number of hydrogen-bond acceptors (Lipinski definition) is 4. The Labute approximate surface area is 158 Å². The van der Waals surface area contributed by atoms with Crippen molar-refractivity contribution in [1.82, 2.24) is 5.32 Å².